The molecule has 2 aromatic rings. The number of rotatable bonds is 6. The van der Waals surface area contributed by atoms with Crippen LogP contribution in [-0.2, 0) is 5.60 Å². The second kappa shape index (κ2) is 7.29. The third-order valence-corrected chi connectivity index (χ3v) is 4.19. The maximum Gasteiger partial charge on any atom is 0.319 e. The van der Waals surface area contributed by atoms with E-state index in [1.165, 1.54) is 11.3 Å². The molecule has 0 bridgehead atoms. The first-order valence-electron chi connectivity index (χ1n) is 7.05. The molecule has 0 aliphatic heterocycles. The number of benzene rings is 1. The summed E-state index contributed by atoms with van der Waals surface area (Å²) in [7, 11) is 0. The number of urea groups is 1. The van der Waals surface area contributed by atoms with Gasteiger partial charge in [0.25, 0.3) is 0 Å². The molecule has 2 amide bonds. The molecule has 6 heteroatoms. The first-order valence-corrected chi connectivity index (χ1v) is 7.93. The van der Waals surface area contributed by atoms with Crippen LogP contribution in [0.4, 0.5) is 10.5 Å². The maximum absolute atomic E-state index is 11.9. The van der Waals surface area contributed by atoms with E-state index in [0.717, 1.165) is 10.6 Å². The molecular formula is C16H20N2O3S. The lowest BCUT2D eigenvalue weighted by molar-refractivity contribution is 0.0637. The van der Waals surface area contributed by atoms with Gasteiger partial charge in [0.2, 0.25) is 0 Å². The van der Waals surface area contributed by atoms with E-state index in [1.54, 1.807) is 31.2 Å². The average molecular weight is 320 g/mol. The summed E-state index contributed by atoms with van der Waals surface area (Å²) in [6, 6.07) is 10.5. The largest absolute Gasteiger partial charge is 0.494 e. The molecule has 0 saturated carbocycles. The third-order valence-electron chi connectivity index (χ3n) is 3.07. The molecule has 118 valence electrons. The molecule has 0 spiro atoms. The SMILES string of the molecule is CCOc1ccc(NC(=O)NC[C@](C)(O)c2cccs2)cc1. The molecule has 1 atom stereocenters. The summed E-state index contributed by atoms with van der Waals surface area (Å²) in [6.07, 6.45) is 0. The monoisotopic (exact) mass is 320 g/mol. The van der Waals surface area contributed by atoms with Crippen molar-refractivity contribution in [1.82, 2.24) is 5.32 Å². The average Bonchev–Trinajstić information content (AvgIpc) is 3.03. The Hall–Kier alpha value is -2.05. The Balaban J connectivity index is 1.85. The smallest absolute Gasteiger partial charge is 0.319 e. The van der Waals surface area contributed by atoms with Gasteiger partial charge in [0.15, 0.2) is 0 Å². The molecule has 5 nitrogen and oxygen atoms in total. The molecule has 3 N–H and O–H groups in total. The molecular weight excluding hydrogens is 300 g/mol. The Kier molecular flexibility index (Phi) is 5.41. The lowest BCUT2D eigenvalue weighted by Gasteiger charge is -2.22. The van der Waals surface area contributed by atoms with Crippen molar-refractivity contribution in [3.05, 3.63) is 46.7 Å². The number of carbonyl (C=O) groups excluding carboxylic acids is 1. The number of amides is 2. The van der Waals surface area contributed by atoms with E-state index >= 15 is 0 Å². The number of aliphatic hydroxyl groups is 1. The van der Waals surface area contributed by atoms with Crippen molar-refractivity contribution in [2.24, 2.45) is 0 Å². The van der Waals surface area contributed by atoms with Crippen molar-refractivity contribution in [3.63, 3.8) is 0 Å². The van der Waals surface area contributed by atoms with E-state index < -0.39 is 5.60 Å². The minimum atomic E-state index is -1.08. The zero-order valence-electron chi connectivity index (χ0n) is 12.6. The van der Waals surface area contributed by atoms with Gasteiger partial charge in [-0.2, -0.15) is 0 Å². The predicted octanol–water partition coefficient (Wildman–Crippen LogP) is 3.18. The van der Waals surface area contributed by atoms with E-state index in [2.05, 4.69) is 10.6 Å². The summed E-state index contributed by atoms with van der Waals surface area (Å²) in [4.78, 5) is 12.7. The fourth-order valence-electron chi connectivity index (χ4n) is 1.90. The van der Waals surface area contributed by atoms with Crippen molar-refractivity contribution in [2.75, 3.05) is 18.5 Å². The summed E-state index contributed by atoms with van der Waals surface area (Å²) in [5.41, 5.74) is -0.415. The summed E-state index contributed by atoms with van der Waals surface area (Å²) in [5.74, 6) is 0.758. The highest BCUT2D eigenvalue weighted by atomic mass is 32.1. The topological polar surface area (TPSA) is 70.6 Å². The van der Waals surface area contributed by atoms with E-state index in [4.69, 9.17) is 4.74 Å². The highest BCUT2D eigenvalue weighted by Crippen LogP contribution is 2.24. The number of ether oxygens (including phenoxy) is 1. The zero-order chi connectivity index (χ0) is 16.0. The van der Waals surface area contributed by atoms with E-state index in [9.17, 15) is 9.90 Å². The molecule has 1 aromatic heterocycles. The van der Waals surface area contributed by atoms with Crippen molar-refractivity contribution < 1.29 is 14.6 Å². The molecule has 0 aliphatic carbocycles. The van der Waals surface area contributed by atoms with E-state index in [0.29, 0.717) is 12.3 Å². The van der Waals surface area contributed by atoms with Gasteiger partial charge in [-0.25, -0.2) is 4.79 Å². The van der Waals surface area contributed by atoms with Crippen molar-refractivity contribution in [3.8, 4) is 5.75 Å². The standard InChI is InChI=1S/C16H20N2O3S/c1-3-21-13-8-6-12(7-9-13)18-15(19)17-11-16(2,20)14-5-4-10-22-14/h4-10,20H,3,11H2,1-2H3,(H2,17,18,19)/t16-/m0/s1. The van der Waals surface area contributed by atoms with Crippen LogP contribution in [0.1, 0.15) is 18.7 Å². The van der Waals surface area contributed by atoms with Gasteiger partial charge >= 0.3 is 6.03 Å². The van der Waals surface area contributed by atoms with Crippen LogP contribution in [0.15, 0.2) is 41.8 Å². The van der Waals surface area contributed by atoms with Gasteiger partial charge in [-0.05, 0) is 49.6 Å². The van der Waals surface area contributed by atoms with Crippen molar-refractivity contribution in [2.45, 2.75) is 19.4 Å². The quantitative estimate of drug-likeness (QED) is 0.765. The highest BCUT2D eigenvalue weighted by molar-refractivity contribution is 7.10. The van der Waals surface area contributed by atoms with Gasteiger partial charge in [0.05, 0.1) is 13.2 Å². The number of hydrogen-bond acceptors (Lipinski definition) is 4. The number of nitrogens with one attached hydrogen (secondary N) is 2. The molecule has 1 heterocycles. The Labute approximate surface area is 133 Å². The number of carbonyl (C=O) groups is 1. The fourth-order valence-corrected chi connectivity index (χ4v) is 2.69. The van der Waals surface area contributed by atoms with Crippen LogP contribution in [0.5, 0.6) is 5.75 Å². The minimum Gasteiger partial charge on any atom is -0.494 e. The Morgan fingerprint density at radius 1 is 1.32 bits per heavy atom. The maximum atomic E-state index is 11.9. The molecule has 0 unspecified atom stereocenters. The Morgan fingerprint density at radius 2 is 2.05 bits per heavy atom. The van der Waals surface area contributed by atoms with Crippen LogP contribution in [0.3, 0.4) is 0 Å². The highest BCUT2D eigenvalue weighted by Gasteiger charge is 2.24. The summed E-state index contributed by atoms with van der Waals surface area (Å²) in [6.45, 7) is 4.33. The second-order valence-corrected chi connectivity index (χ2v) is 5.96. The lowest BCUT2D eigenvalue weighted by Crippen LogP contribution is -2.40. The number of anilines is 1. The second-order valence-electron chi connectivity index (χ2n) is 5.02. The van der Waals surface area contributed by atoms with Crippen LogP contribution in [0.2, 0.25) is 0 Å². The van der Waals surface area contributed by atoms with E-state index in [-0.39, 0.29) is 12.6 Å². The van der Waals surface area contributed by atoms with Crippen LogP contribution in [-0.4, -0.2) is 24.3 Å². The number of thiophene rings is 1. The molecule has 0 fully saturated rings. The van der Waals surface area contributed by atoms with Crippen LogP contribution in [0, 0.1) is 0 Å². The lowest BCUT2D eigenvalue weighted by atomic mass is 10.1. The molecule has 0 aliphatic rings. The minimum absolute atomic E-state index is 0.135. The van der Waals surface area contributed by atoms with Gasteiger partial charge in [-0.15, -0.1) is 11.3 Å². The molecule has 2 rings (SSSR count). The van der Waals surface area contributed by atoms with Gasteiger partial charge < -0.3 is 20.5 Å². The van der Waals surface area contributed by atoms with Gasteiger partial charge in [0.1, 0.15) is 11.4 Å². The first kappa shape index (κ1) is 16.3. The predicted molar refractivity (Wildman–Crippen MR) is 88.5 cm³/mol. The summed E-state index contributed by atoms with van der Waals surface area (Å²) >= 11 is 1.46. The molecule has 1 aromatic carbocycles. The van der Waals surface area contributed by atoms with Gasteiger partial charge in [-0.3, -0.25) is 0 Å². The molecule has 0 saturated heterocycles. The van der Waals surface area contributed by atoms with Crippen molar-refractivity contribution >= 4 is 23.1 Å². The van der Waals surface area contributed by atoms with E-state index in [1.807, 2.05) is 24.4 Å². The van der Waals surface area contributed by atoms with Crippen LogP contribution < -0.4 is 15.4 Å². The van der Waals surface area contributed by atoms with Crippen LogP contribution >= 0.6 is 11.3 Å². The normalized spacial score (nSPS) is 13.2. The molecule has 0 radical (unpaired) electrons. The summed E-state index contributed by atoms with van der Waals surface area (Å²) in [5, 5.41) is 17.6. The van der Waals surface area contributed by atoms with Gasteiger partial charge in [0, 0.05) is 10.6 Å². The zero-order valence-corrected chi connectivity index (χ0v) is 13.4. The first-order chi connectivity index (χ1) is 10.5. The number of hydrogen-bond donors (Lipinski definition) is 3. The Morgan fingerprint density at radius 3 is 2.64 bits per heavy atom. The molecule has 22 heavy (non-hydrogen) atoms. The summed E-state index contributed by atoms with van der Waals surface area (Å²) < 4.78 is 5.34. The Bertz CT molecular complexity index is 594. The van der Waals surface area contributed by atoms with Crippen LogP contribution in [0.25, 0.3) is 0 Å². The van der Waals surface area contributed by atoms with Gasteiger partial charge in [-0.1, -0.05) is 6.07 Å². The van der Waals surface area contributed by atoms with Crippen molar-refractivity contribution in [1.29, 1.82) is 0 Å². The third kappa shape index (κ3) is 4.47. The fraction of sp³-hybridized carbons (Fsp3) is 0.312.